The van der Waals surface area contributed by atoms with Crippen molar-refractivity contribution in [2.24, 2.45) is 5.73 Å². The third-order valence-electron chi connectivity index (χ3n) is 2.63. The Balaban J connectivity index is 3.69. The zero-order valence-corrected chi connectivity index (χ0v) is 12.2. The van der Waals surface area contributed by atoms with Gasteiger partial charge < -0.3 is 15.6 Å². The van der Waals surface area contributed by atoms with E-state index in [1.165, 1.54) is 0 Å². The quantitative estimate of drug-likeness (QED) is 0.822. The third kappa shape index (κ3) is 2.86. The Kier molecular flexibility index (Phi) is 4.61. The first-order valence-electron chi connectivity index (χ1n) is 5.27. The number of amides is 1. The standard InChI is InChI=1S/C11H12ClNO6S/c1-5(10(13)14)20(17,18)8-4-6(12)3-7(11(15)16)9(8)19-2/h3-5H,1-2H3,(H2,13,14)(H,15,16). The molecule has 0 aliphatic heterocycles. The van der Waals surface area contributed by atoms with Crippen LogP contribution in [-0.4, -0.2) is 37.8 Å². The molecular formula is C11H12ClNO6S. The molecule has 110 valence electrons. The maximum atomic E-state index is 12.2. The number of benzene rings is 1. The molecule has 0 heterocycles. The lowest BCUT2D eigenvalue weighted by Gasteiger charge is -2.15. The van der Waals surface area contributed by atoms with Gasteiger partial charge in [-0.05, 0) is 19.1 Å². The number of halogens is 1. The van der Waals surface area contributed by atoms with Crippen molar-refractivity contribution in [2.75, 3.05) is 7.11 Å². The molecule has 1 atom stereocenters. The summed E-state index contributed by atoms with van der Waals surface area (Å²) in [5.41, 5.74) is 4.56. The third-order valence-corrected chi connectivity index (χ3v) is 4.92. The number of carbonyl (C=O) groups excluding carboxylic acids is 1. The van der Waals surface area contributed by atoms with Crippen LogP contribution in [0.1, 0.15) is 17.3 Å². The molecule has 1 amide bonds. The molecule has 7 nitrogen and oxygen atoms in total. The van der Waals surface area contributed by atoms with Crippen LogP contribution in [0.4, 0.5) is 0 Å². The molecule has 0 aromatic heterocycles. The molecule has 0 bridgehead atoms. The SMILES string of the molecule is COc1c(C(=O)O)cc(Cl)cc1S(=O)(=O)C(C)C(N)=O. The van der Waals surface area contributed by atoms with Crippen molar-refractivity contribution in [3.63, 3.8) is 0 Å². The first kappa shape index (κ1) is 16.3. The summed E-state index contributed by atoms with van der Waals surface area (Å²) in [6.07, 6.45) is 0. The molecule has 1 aromatic rings. The van der Waals surface area contributed by atoms with Crippen molar-refractivity contribution in [2.45, 2.75) is 17.1 Å². The maximum Gasteiger partial charge on any atom is 0.339 e. The van der Waals surface area contributed by atoms with Crippen LogP contribution < -0.4 is 10.5 Å². The van der Waals surface area contributed by atoms with Gasteiger partial charge in [0.1, 0.15) is 15.7 Å². The number of rotatable bonds is 5. The van der Waals surface area contributed by atoms with Crippen LogP contribution in [0, 0.1) is 0 Å². The van der Waals surface area contributed by atoms with Gasteiger partial charge in [-0.25, -0.2) is 13.2 Å². The van der Waals surface area contributed by atoms with Gasteiger partial charge in [0, 0.05) is 5.02 Å². The molecule has 9 heteroatoms. The van der Waals surface area contributed by atoms with E-state index in [9.17, 15) is 18.0 Å². The van der Waals surface area contributed by atoms with Crippen LogP contribution >= 0.6 is 11.6 Å². The van der Waals surface area contributed by atoms with E-state index in [1.807, 2.05) is 0 Å². The zero-order chi connectivity index (χ0) is 15.7. The van der Waals surface area contributed by atoms with Crippen LogP contribution in [0.15, 0.2) is 17.0 Å². The summed E-state index contributed by atoms with van der Waals surface area (Å²) in [7, 11) is -3.09. The minimum atomic E-state index is -4.21. The smallest absolute Gasteiger partial charge is 0.339 e. The number of carbonyl (C=O) groups is 2. The predicted octanol–water partition coefficient (Wildman–Crippen LogP) is 0.694. The number of ether oxygens (including phenoxy) is 1. The van der Waals surface area contributed by atoms with Gasteiger partial charge in [-0.15, -0.1) is 0 Å². The summed E-state index contributed by atoms with van der Waals surface area (Å²) in [6.45, 7) is 1.10. The molecule has 1 unspecified atom stereocenters. The fourth-order valence-corrected chi connectivity index (χ4v) is 3.21. The summed E-state index contributed by atoms with van der Waals surface area (Å²) >= 11 is 5.71. The van der Waals surface area contributed by atoms with Crippen molar-refractivity contribution in [1.29, 1.82) is 0 Å². The van der Waals surface area contributed by atoms with Gasteiger partial charge in [0.15, 0.2) is 15.6 Å². The lowest BCUT2D eigenvalue weighted by molar-refractivity contribution is -0.117. The number of hydrogen-bond donors (Lipinski definition) is 2. The molecule has 0 spiro atoms. The number of hydrogen-bond acceptors (Lipinski definition) is 5. The summed E-state index contributed by atoms with van der Waals surface area (Å²) < 4.78 is 29.3. The Morgan fingerprint density at radius 3 is 2.35 bits per heavy atom. The van der Waals surface area contributed by atoms with E-state index in [0.717, 1.165) is 26.2 Å². The fraction of sp³-hybridized carbons (Fsp3) is 0.273. The summed E-state index contributed by atoms with van der Waals surface area (Å²) in [5.74, 6) is -2.87. The Labute approximate surface area is 120 Å². The number of aromatic carboxylic acids is 1. The average Bonchev–Trinajstić information content (AvgIpc) is 2.36. The van der Waals surface area contributed by atoms with Crippen molar-refractivity contribution < 1.29 is 27.9 Å². The average molecular weight is 322 g/mol. The highest BCUT2D eigenvalue weighted by Crippen LogP contribution is 2.33. The highest BCUT2D eigenvalue weighted by atomic mass is 35.5. The normalized spacial score (nSPS) is 12.8. The second-order valence-corrected chi connectivity index (χ2v) is 6.55. The van der Waals surface area contributed by atoms with Crippen molar-refractivity contribution in [1.82, 2.24) is 0 Å². The fourth-order valence-electron chi connectivity index (χ4n) is 1.49. The Bertz CT molecular complexity index is 670. The number of nitrogens with two attached hydrogens (primary N) is 1. The number of primary amides is 1. The second kappa shape index (κ2) is 5.68. The molecular weight excluding hydrogens is 310 g/mol. The van der Waals surface area contributed by atoms with E-state index >= 15 is 0 Å². The number of methoxy groups -OCH3 is 1. The lowest BCUT2D eigenvalue weighted by atomic mass is 10.2. The molecule has 1 aromatic carbocycles. The van der Waals surface area contributed by atoms with Crippen LogP contribution in [-0.2, 0) is 14.6 Å². The van der Waals surface area contributed by atoms with Crippen molar-refractivity contribution in [3.8, 4) is 5.75 Å². The number of sulfone groups is 1. The molecule has 0 fully saturated rings. The molecule has 3 N–H and O–H groups in total. The summed E-state index contributed by atoms with van der Waals surface area (Å²) in [5, 5.41) is 7.38. The van der Waals surface area contributed by atoms with Crippen LogP contribution in [0.5, 0.6) is 5.75 Å². The highest BCUT2D eigenvalue weighted by Gasteiger charge is 2.33. The Morgan fingerprint density at radius 1 is 1.40 bits per heavy atom. The van der Waals surface area contributed by atoms with Gasteiger partial charge >= 0.3 is 5.97 Å². The van der Waals surface area contributed by atoms with Gasteiger partial charge in [-0.1, -0.05) is 11.6 Å². The molecule has 20 heavy (non-hydrogen) atoms. The van der Waals surface area contributed by atoms with E-state index in [2.05, 4.69) is 0 Å². The van der Waals surface area contributed by atoms with E-state index < -0.39 is 43.2 Å². The molecule has 1 rings (SSSR count). The molecule has 0 radical (unpaired) electrons. The first-order valence-corrected chi connectivity index (χ1v) is 7.19. The maximum absolute atomic E-state index is 12.2. The van der Waals surface area contributed by atoms with Crippen LogP contribution in [0.2, 0.25) is 5.02 Å². The monoisotopic (exact) mass is 321 g/mol. The molecule has 0 aliphatic rings. The molecule has 0 aliphatic carbocycles. The molecule has 0 saturated carbocycles. The van der Waals surface area contributed by atoms with Crippen LogP contribution in [0.3, 0.4) is 0 Å². The van der Waals surface area contributed by atoms with Gasteiger partial charge in [0.05, 0.1) is 7.11 Å². The van der Waals surface area contributed by atoms with E-state index in [1.54, 1.807) is 0 Å². The van der Waals surface area contributed by atoms with Gasteiger partial charge in [-0.3, -0.25) is 4.79 Å². The predicted molar refractivity (Wildman–Crippen MR) is 70.8 cm³/mol. The largest absolute Gasteiger partial charge is 0.494 e. The van der Waals surface area contributed by atoms with Crippen molar-refractivity contribution in [3.05, 3.63) is 22.7 Å². The number of carboxylic acids is 1. The lowest BCUT2D eigenvalue weighted by Crippen LogP contribution is -2.33. The topological polar surface area (TPSA) is 124 Å². The zero-order valence-electron chi connectivity index (χ0n) is 10.6. The first-order chi connectivity index (χ1) is 9.12. The Hall–Kier alpha value is -1.80. The highest BCUT2D eigenvalue weighted by molar-refractivity contribution is 7.92. The second-order valence-electron chi connectivity index (χ2n) is 3.88. The van der Waals surface area contributed by atoms with E-state index in [-0.39, 0.29) is 5.02 Å². The minimum absolute atomic E-state index is 0.113. The minimum Gasteiger partial charge on any atom is -0.494 e. The van der Waals surface area contributed by atoms with Gasteiger partial charge in [0.2, 0.25) is 5.91 Å². The van der Waals surface area contributed by atoms with E-state index in [0.29, 0.717) is 0 Å². The summed E-state index contributed by atoms with van der Waals surface area (Å²) in [4.78, 5) is 21.7. The van der Waals surface area contributed by atoms with Gasteiger partial charge in [0.25, 0.3) is 0 Å². The van der Waals surface area contributed by atoms with Crippen molar-refractivity contribution >= 4 is 33.3 Å². The molecule has 0 saturated heterocycles. The number of carboxylic acid groups (broad SMARTS) is 1. The van der Waals surface area contributed by atoms with Gasteiger partial charge in [-0.2, -0.15) is 0 Å². The van der Waals surface area contributed by atoms with E-state index in [4.69, 9.17) is 27.2 Å². The Morgan fingerprint density at radius 2 is 1.95 bits per heavy atom. The van der Waals surface area contributed by atoms with Crippen LogP contribution in [0.25, 0.3) is 0 Å². The summed E-state index contributed by atoms with van der Waals surface area (Å²) in [6, 6.07) is 2.07.